The molecule has 0 N–H and O–H groups in total. The maximum atomic E-state index is 4.14. The molecule has 7 aromatic carbocycles. The summed E-state index contributed by atoms with van der Waals surface area (Å²) >= 11 is 0. The Hall–Kier alpha value is -6.44. The fraction of sp³-hybridized carbons (Fsp3) is 0.0769. The van der Waals surface area contributed by atoms with Crippen LogP contribution in [0, 0.1) is 0 Å². The minimum atomic E-state index is -0.0436. The van der Waals surface area contributed by atoms with Crippen molar-refractivity contribution in [3.05, 3.63) is 217 Å². The Labute approximate surface area is 314 Å². The van der Waals surface area contributed by atoms with Gasteiger partial charge in [0.1, 0.15) is 0 Å². The maximum Gasteiger partial charge on any atom is 0.0540 e. The Morgan fingerprint density at radius 3 is 1.74 bits per heavy atom. The number of rotatable bonds is 9. The van der Waals surface area contributed by atoms with Crippen molar-refractivity contribution in [3.8, 4) is 44.5 Å². The molecule has 0 fully saturated rings. The average molecular weight is 682 g/mol. The lowest BCUT2D eigenvalue weighted by atomic mass is 9.82. The summed E-state index contributed by atoms with van der Waals surface area (Å²) in [5.41, 5.74) is 18.1. The van der Waals surface area contributed by atoms with Crippen LogP contribution in [0.5, 0.6) is 0 Å². The first-order valence-corrected chi connectivity index (χ1v) is 18.4. The number of hydrogen-bond acceptors (Lipinski definition) is 1. The number of hydrogen-bond donors (Lipinski definition) is 0. The van der Waals surface area contributed by atoms with E-state index in [4.69, 9.17) is 0 Å². The highest BCUT2D eigenvalue weighted by atomic mass is 15.1. The van der Waals surface area contributed by atoms with E-state index in [0.717, 1.165) is 39.3 Å². The zero-order valence-corrected chi connectivity index (χ0v) is 30.6. The topological polar surface area (TPSA) is 3.24 Å². The summed E-state index contributed by atoms with van der Waals surface area (Å²) < 4.78 is 0. The lowest BCUT2D eigenvalue weighted by molar-refractivity contribution is 0.660. The number of fused-ring (bicyclic) bond motifs is 3. The highest BCUT2D eigenvalue weighted by Gasteiger charge is 2.36. The van der Waals surface area contributed by atoms with Crippen LogP contribution < -0.4 is 4.90 Å². The summed E-state index contributed by atoms with van der Waals surface area (Å²) in [4.78, 5) is 2.39. The van der Waals surface area contributed by atoms with E-state index in [9.17, 15) is 0 Å². The lowest BCUT2D eigenvalue weighted by Gasteiger charge is -2.29. The molecular weight excluding hydrogens is 639 g/mol. The van der Waals surface area contributed by atoms with Gasteiger partial charge in [0.2, 0.25) is 0 Å². The van der Waals surface area contributed by atoms with Gasteiger partial charge in [0.05, 0.1) is 5.69 Å². The van der Waals surface area contributed by atoms with Crippen LogP contribution in [-0.2, 0) is 5.41 Å². The van der Waals surface area contributed by atoms with Crippen molar-refractivity contribution in [1.82, 2.24) is 0 Å². The largest absolute Gasteiger partial charge is 0.310 e. The van der Waals surface area contributed by atoms with Gasteiger partial charge in [0.25, 0.3) is 0 Å². The van der Waals surface area contributed by atoms with Gasteiger partial charge in [-0.2, -0.15) is 0 Å². The van der Waals surface area contributed by atoms with E-state index >= 15 is 0 Å². The predicted molar refractivity (Wildman–Crippen MR) is 228 cm³/mol. The second-order valence-electron chi connectivity index (χ2n) is 14.1. The zero-order chi connectivity index (χ0) is 36.4. The number of anilines is 3. The molecule has 0 spiro atoms. The summed E-state index contributed by atoms with van der Waals surface area (Å²) in [7, 11) is 0. The molecule has 0 bridgehead atoms. The van der Waals surface area contributed by atoms with E-state index in [1.165, 1.54) is 44.5 Å². The molecule has 1 aliphatic carbocycles. The fourth-order valence-corrected chi connectivity index (χ4v) is 7.89. The van der Waals surface area contributed by atoms with E-state index in [1.54, 1.807) is 0 Å². The van der Waals surface area contributed by atoms with Crippen LogP contribution >= 0.6 is 0 Å². The average Bonchev–Trinajstić information content (AvgIpc) is 3.46. The summed E-state index contributed by atoms with van der Waals surface area (Å²) in [6.07, 6.45) is 8.17. The molecule has 0 saturated carbocycles. The van der Waals surface area contributed by atoms with Crippen molar-refractivity contribution in [3.63, 3.8) is 0 Å². The van der Waals surface area contributed by atoms with E-state index in [-0.39, 0.29) is 5.41 Å². The van der Waals surface area contributed by atoms with Gasteiger partial charge in [-0.25, -0.2) is 0 Å². The summed E-state index contributed by atoms with van der Waals surface area (Å²) in [5.74, 6) is 0. The molecule has 0 radical (unpaired) electrons. The minimum absolute atomic E-state index is 0.0436. The molecule has 0 aliphatic heterocycles. The van der Waals surface area contributed by atoms with Crippen LogP contribution in [0.25, 0.3) is 50.1 Å². The van der Waals surface area contributed by atoms with Gasteiger partial charge in [-0.3, -0.25) is 0 Å². The first kappa shape index (κ1) is 33.7. The molecule has 7 aromatic rings. The molecule has 53 heavy (non-hydrogen) atoms. The predicted octanol–water partition coefficient (Wildman–Crippen LogP) is 14.6. The van der Waals surface area contributed by atoms with Crippen molar-refractivity contribution in [2.75, 3.05) is 4.90 Å². The SMILES string of the molecule is C=C/C(=C\C=C/C)c1ccc(N(c2ccc(-c3ccccc3)cc2)c2ccc(-c3cccc4c3-c3ccccc3C4(C)C)cc2)c(-c2ccccc2)c1. The van der Waals surface area contributed by atoms with Gasteiger partial charge in [-0.05, 0) is 105 Å². The Morgan fingerprint density at radius 2 is 1.08 bits per heavy atom. The third-order valence-corrected chi connectivity index (χ3v) is 10.6. The van der Waals surface area contributed by atoms with Gasteiger partial charge in [-0.15, -0.1) is 0 Å². The summed E-state index contributed by atoms with van der Waals surface area (Å²) in [6.45, 7) is 10.9. The standard InChI is InChI=1S/C52H43N/c1-5-7-17-37(6-2)42-30-35-50(47(36-42)40-20-12-9-13-21-40)53(43-31-26-39(27-32-43)38-18-10-8-11-19-38)44-33-28-41(29-34-44)45-23-16-25-49-51(45)46-22-14-15-24-48(46)52(49,3)4/h5-36H,2H2,1,3-4H3/b7-5-,37-17+. The molecular formula is C52H43N. The number of allylic oxidation sites excluding steroid dienone is 5. The fourth-order valence-electron chi connectivity index (χ4n) is 7.89. The third kappa shape index (κ3) is 6.26. The molecule has 1 aliphatic rings. The van der Waals surface area contributed by atoms with Crippen LogP contribution in [0.15, 0.2) is 201 Å². The first-order chi connectivity index (χ1) is 26.0. The van der Waals surface area contributed by atoms with Crippen molar-refractivity contribution >= 4 is 22.6 Å². The van der Waals surface area contributed by atoms with E-state index in [0.29, 0.717) is 0 Å². The summed E-state index contributed by atoms with van der Waals surface area (Å²) in [6, 6.07) is 61.8. The monoisotopic (exact) mass is 681 g/mol. The normalized spacial score (nSPS) is 13.1. The van der Waals surface area contributed by atoms with Gasteiger partial charge in [0, 0.05) is 22.4 Å². The molecule has 0 aromatic heterocycles. The smallest absolute Gasteiger partial charge is 0.0540 e. The van der Waals surface area contributed by atoms with Crippen LogP contribution in [0.2, 0.25) is 0 Å². The third-order valence-electron chi connectivity index (χ3n) is 10.6. The second-order valence-corrected chi connectivity index (χ2v) is 14.1. The quantitative estimate of drug-likeness (QED) is 0.137. The molecule has 0 atom stereocenters. The Balaban J connectivity index is 1.29. The lowest BCUT2D eigenvalue weighted by Crippen LogP contribution is -2.14. The molecule has 1 heteroatoms. The molecule has 0 heterocycles. The van der Waals surface area contributed by atoms with E-state index in [2.05, 4.69) is 207 Å². The van der Waals surface area contributed by atoms with Gasteiger partial charge in [0.15, 0.2) is 0 Å². The number of nitrogens with zero attached hydrogens (tertiary/aromatic N) is 1. The first-order valence-electron chi connectivity index (χ1n) is 18.4. The Morgan fingerprint density at radius 1 is 0.528 bits per heavy atom. The Bertz CT molecular complexity index is 2460. The van der Waals surface area contributed by atoms with E-state index < -0.39 is 0 Å². The highest BCUT2D eigenvalue weighted by molar-refractivity contribution is 5.94. The molecule has 0 amide bonds. The van der Waals surface area contributed by atoms with Gasteiger partial charge >= 0.3 is 0 Å². The highest BCUT2D eigenvalue weighted by Crippen LogP contribution is 2.52. The van der Waals surface area contributed by atoms with Crippen LogP contribution in [0.1, 0.15) is 37.5 Å². The molecule has 1 nitrogen and oxygen atoms in total. The number of benzene rings is 7. The molecule has 0 saturated heterocycles. The van der Waals surface area contributed by atoms with Crippen molar-refractivity contribution in [2.24, 2.45) is 0 Å². The minimum Gasteiger partial charge on any atom is -0.310 e. The van der Waals surface area contributed by atoms with Gasteiger partial charge < -0.3 is 4.90 Å². The second kappa shape index (κ2) is 14.3. The maximum absolute atomic E-state index is 4.14. The zero-order valence-electron chi connectivity index (χ0n) is 30.6. The van der Waals surface area contributed by atoms with Crippen LogP contribution in [0.3, 0.4) is 0 Å². The van der Waals surface area contributed by atoms with E-state index in [1.807, 2.05) is 19.1 Å². The van der Waals surface area contributed by atoms with Crippen molar-refractivity contribution in [2.45, 2.75) is 26.2 Å². The van der Waals surface area contributed by atoms with Crippen molar-refractivity contribution < 1.29 is 0 Å². The Kier molecular flexibility index (Phi) is 9.08. The van der Waals surface area contributed by atoms with Gasteiger partial charge in [-0.1, -0.05) is 178 Å². The summed E-state index contributed by atoms with van der Waals surface area (Å²) in [5, 5.41) is 0. The van der Waals surface area contributed by atoms with Crippen molar-refractivity contribution in [1.29, 1.82) is 0 Å². The molecule has 8 rings (SSSR count). The molecule has 256 valence electrons. The van der Waals surface area contributed by atoms with Crippen LogP contribution in [0.4, 0.5) is 17.1 Å². The van der Waals surface area contributed by atoms with Crippen LogP contribution in [-0.4, -0.2) is 0 Å². The molecule has 0 unspecified atom stereocenters.